The Bertz CT molecular complexity index is 933. The van der Waals surface area contributed by atoms with E-state index in [1.807, 2.05) is 6.07 Å². The van der Waals surface area contributed by atoms with Gasteiger partial charge in [-0.25, -0.2) is 4.79 Å². The highest BCUT2D eigenvalue weighted by Crippen LogP contribution is 2.40. The van der Waals surface area contributed by atoms with Crippen LogP contribution in [0, 0.1) is 6.92 Å². The Balaban J connectivity index is 1.93. The van der Waals surface area contributed by atoms with Gasteiger partial charge in [0.05, 0.1) is 29.9 Å². The van der Waals surface area contributed by atoms with Crippen molar-refractivity contribution in [1.82, 2.24) is 9.88 Å². The van der Waals surface area contributed by atoms with Crippen molar-refractivity contribution in [3.63, 3.8) is 0 Å². The molecule has 0 radical (unpaired) electrons. The number of pyridine rings is 1. The number of carbonyl (C=O) groups is 1. The number of halogens is 4. The van der Waals surface area contributed by atoms with E-state index in [-0.39, 0.29) is 6.54 Å². The van der Waals surface area contributed by atoms with Gasteiger partial charge in [0.2, 0.25) is 0 Å². The number of hydrogen-bond acceptors (Lipinski definition) is 3. The van der Waals surface area contributed by atoms with Crippen molar-refractivity contribution in [2.24, 2.45) is 0 Å². The fraction of sp³-hybridized carbons (Fsp3) is 0.474. The van der Waals surface area contributed by atoms with Crippen LogP contribution in [0.5, 0.6) is 0 Å². The number of aromatic nitrogens is 1. The van der Waals surface area contributed by atoms with Crippen LogP contribution in [-0.2, 0) is 4.74 Å². The predicted octanol–water partition coefficient (Wildman–Crippen LogP) is 5.27. The first-order chi connectivity index (χ1) is 12.8. The van der Waals surface area contributed by atoms with Crippen molar-refractivity contribution >= 4 is 38.6 Å². The normalized spacial score (nSPS) is 22.4. The van der Waals surface area contributed by atoms with Crippen LogP contribution in [0.3, 0.4) is 0 Å². The molecule has 0 aliphatic carbocycles. The number of benzene rings is 1. The number of carbonyl (C=O) groups excluding carboxylic acids is 1. The molecular weight excluding hydrogens is 439 g/mol. The van der Waals surface area contributed by atoms with Gasteiger partial charge in [-0.2, -0.15) is 13.2 Å². The first-order valence-corrected chi connectivity index (χ1v) is 9.49. The molecule has 1 unspecified atom stereocenters. The number of nitrogens with one attached hydrogen (secondary N) is 1. The van der Waals surface area contributed by atoms with E-state index in [1.54, 1.807) is 39.0 Å². The van der Waals surface area contributed by atoms with Crippen LogP contribution < -0.4 is 5.32 Å². The Morgan fingerprint density at radius 3 is 2.57 bits per heavy atom. The summed E-state index contributed by atoms with van der Waals surface area (Å²) in [5.74, 6) is 0. The summed E-state index contributed by atoms with van der Waals surface area (Å²) in [6, 6.07) is 6.53. The van der Waals surface area contributed by atoms with Crippen LogP contribution in [-0.4, -0.2) is 46.4 Å². The van der Waals surface area contributed by atoms with E-state index < -0.39 is 30.0 Å². The zero-order valence-corrected chi connectivity index (χ0v) is 17.5. The molecule has 5 nitrogen and oxygen atoms in total. The molecule has 2 amide bonds. The molecule has 0 spiro atoms. The van der Waals surface area contributed by atoms with Gasteiger partial charge in [0, 0.05) is 15.6 Å². The summed E-state index contributed by atoms with van der Waals surface area (Å²) in [7, 11) is 0. The van der Waals surface area contributed by atoms with Gasteiger partial charge in [-0.05, 0) is 52.0 Å². The van der Waals surface area contributed by atoms with Gasteiger partial charge in [-0.15, -0.1) is 0 Å². The van der Waals surface area contributed by atoms with E-state index in [4.69, 9.17) is 4.74 Å². The number of urea groups is 1. The van der Waals surface area contributed by atoms with Gasteiger partial charge in [0.1, 0.15) is 0 Å². The summed E-state index contributed by atoms with van der Waals surface area (Å²) in [5.41, 5.74) is -1.72. The number of hydrogen-bond donors (Lipinski definition) is 1. The number of alkyl halides is 3. The van der Waals surface area contributed by atoms with Gasteiger partial charge < -0.3 is 15.0 Å². The van der Waals surface area contributed by atoms with E-state index >= 15 is 0 Å². The molecule has 0 saturated carbocycles. The first kappa shape index (κ1) is 20.9. The fourth-order valence-electron chi connectivity index (χ4n) is 3.47. The monoisotopic (exact) mass is 459 g/mol. The number of fused-ring (bicyclic) bond motifs is 1. The van der Waals surface area contributed by atoms with Crippen LogP contribution in [0.1, 0.15) is 26.5 Å². The minimum Gasteiger partial charge on any atom is -0.356 e. The van der Waals surface area contributed by atoms with Crippen LogP contribution in [0.25, 0.3) is 10.9 Å². The highest BCUT2D eigenvalue weighted by Gasteiger charge is 2.58. The maximum atomic E-state index is 13.5. The van der Waals surface area contributed by atoms with Crippen LogP contribution in [0.2, 0.25) is 0 Å². The Labute approximate surface area is 169 Å². The Morgan fingerprint density at radius 1 is 1.25 bits per heavy atom. The highest BCUT2D eigenvalue weighted by molar-refractivity contribution is 9.10. The lowest BCUT2D eigenvalue weighted by Crippen LogP contribution is -2.65. The molecule has 1 fully saturated rings. The number of nitrogens with zero attached hydrogens (tertiary/aromatic N) is 2. The number of rotatable bonds is 1. The van der Waals surface area contributed by atoms with Crippen molar-refractivity contribution in [1.29, 1.82) is 0 Å². The Kier molecular flexibility index (Phi) is 5.12. The average Bonchev–Trinajstić information content (AvgIpc) is 2.52. The minimum atomic E-state index is -4.60. The summed E-state index contributed by atoms with van der Waals surface area (Å²) >= 11 is 3.39. The van der Waals surface area contributed by atoms with Gasteiger partial charge in [-0.1, -0.05) is 15.9 Å². The standard InChI is InChI=1S/C19H21BrF3N3O2/c1-11-7-15(13-8-12(20)5-6-14(13)24-11)25-16(27)26-9-17(2,3)28-18(4,10-26)19(21,22)23/h5-8H,9-10H2,1-4H3,(H,24,25,27). The second kappa shape index (κ2) is 6.88. The molecule has 1 aliphatic heterocycles. The lowest BCUT2D eigenvalue weighted by atomic mass is 9.97. The molecular formula is C19H21BrF3N3O2. The third kappa shape index (κ3) is 4.10. The number of ether oxygens (including phenoxy) is 1. The predicted molar refractivity (Wildman–Crippen MR) is 104 cm³/mol. The summed E-state index contributed by atoms with van der Waals surface area (Å²) in [4.78, 5) is 18.4. The Morgan fingerprint density at radius 2 is 1.93 bits per heavy atom. The van der Waals surface area contributed by atoms with Gasteiger partial charge in [0.15, 0.2) is 5.60 Å². The third-order valence-electron chi connectivity index (χ3n) is 4.59. The van der Waals surface area contributed by atoms with Crippen molar-refractivity contribution in [3.05, 3.63) is 34.4 Å². The van der Waals surface area contributed by atoms with E-state index in [2.05, 4.69) is 26.2 Å². The molecule has 28 heavy (non-hydrogen) atoms. The van der Waals surface area contributed by atoms with Gasteiger partial charge in [0.25, 0.3) is 0 Å². The zero-order valence-electron chi connectivity index (χ0n) is 15.9. The van der Waals surface area contributed by atoms with E-state index in [9.17, 15) is 18.0 Å². The average molecular weight is 460 g/mol. The van der Waals surface area contributed by atoms with Crippen molar-refractivity contribution in [3.8, 4) is 0 Å². The second-order valence-electron chi connectivity index (χ2n) is 7.85. The lowest BCUT2D eigenvalue weighted by Gasteiger charge is -2.48. The van der Waals surface area contributed by atoms with Gasteiger partial charge >= 0.3 is 12.2 Å². The third-order valence-corrected chi connectivity index (χ3v) is 5.09. The number of aryl methyl sites for hydroxylation is 1. The number of morpholine rings is 1. The molecule has 1 aliphatic rings. The molecule has 152 valence electrons. The van der Waals surface area contributed by atoms with Crippen molar-refractivity contribution in [2.75, 3.05) is 18.4 Å². The quantitative estimate of drug-likeness (QED) is 0.631. The molecule has 9 heteroatoms. The highest BCUT2D eigenvalue weighted by atomic mass is 79.9. The lowest BCUT2D eigenvalue weighted by molar-refractivity contribution is -0.318. The fourth-order valence-corrected chi connectivity index (χ4v) is 3.83. The van der Waals surface area contributed by atoms with E-state index in [1.165, 1.54) is 0 Å². The SMILES string of the molecule is Cc1cc(NC(=O)N2CC(C)(C)OC(C)(C(F)(F)F)C2)c2cc(Br)ccc2n1. The summed E-state index contributed by atoms with van der Waals surface area (Å²) in [5, 5.41) is 3.45. The number of anilines is 1. The Hall–Kier alpha value is -1.87. The molecule has 1 aromatic carbocycles. The van der Waals surface area contributed by atoms with Crippen LogP contribution >= 0.6 is 15.9 Å². The molecule has 1 aromatic heterocycles. The van der Waals surface area contributed by atoms with E-state index in [0.717, 1.165) is 16.3 Å². The second-order valence-corrected chi connectivity index (χ2v) is 8.76. The summed E-state index contributed by atoms with van der Waals surface area (Å²) in [6.45, 7) is 5.29. The molecule has 1 N–H and O–H groups in total. The molecule has 1 saturated heterocycles. The maximum Gasteiger partial charge on any atom is 0.418 e. The topological polar surface area (TPSA) is 54.5 Å². The maximum absolute atomic E-state index is 13.5. The minimum absolute atomic E-state index is 0.0379. The molecule has 1 atom stereocenters. The van der Waals surface area contributed by atoms with Crippen molar-refractivity contribution < 1.29 is 22.7 Å². The molecule has 0 bridgehead atoms. The first-order valence-electron chi connectivity index (χ1n) is 8.69. The molecule has 2 heterocycles. The van der Waals surface area contributed by atoms with Crippen molar-refractivity contribution in [2.45, 2.75) is 45.1 Å². The summed E-state index contributed by atoms with van der Waals surface area (Å²) < 4.78 is 46.7. The smallest absolute Gasteiger partial charge is 0.356 e. The summed E-state index contributed by atoms with van der Waals surface area (Å²) in [6.07, 6.45) is -4.60. The molecule has 3 rings (SSSR count). The molecule has 2 aromatic rings. The van der Waals surface area contributed by atoms with E-state index in [0.29, 0.717) is 22.3 Å². The van der Waals surface area contributed by atoms with Gasteiger partial charge in [-0.3, -0.25) is 4.98 Å². The number of amides is 2. The zero-order chi connectivity index (χ0) is 20.9. The van der Waals surface area contributed by atoms with Crippen LogP contribution in [0.15, 0.2) is 28.7 Å². The van der Waals surface area contributed by atoms with Crippen LogP contribution in [0.4, 0.5) is 23.7 Å². The largest absolute Gasteiger partial charge is 0.418 e.